The van der Waals surface area contributed by atoms with Gasteiger partial charge in [-0.2, -0.15) is 0 Å². The molecule has 0 radical (unpaired) electrons. The predicted molar refractivity (Wildman–Crippen MR) is 107 cm³/mol. The summed E-state index contributed by atoms with van der Waals surface area (Å²) in [6.45, 7) is 0. The monoisotopic (exact) mass is 404 g/mol. The van der Waals surface area contributed by atoms with Crippen molar-refractivity contribution < 1.29 is 0 Å². The van der Waals surface area contributed by atoms with Gasteiger partial charge in [0.2, 0.25) is 0 Å². The topological polar surface area (TPSA) is 77.3 Å². The van der Waals surface area contributed by atoms with E-state index in [0.29, 0.717) is 5.69 Å². The van der Waals surface area contributed by atoms with Crippen LogP contribution < -0.4 is 5.56 Å². The van der Waals surface area contributed by atoms with Gasteiger partial charge in [-0.15, -0.1) is 0 Å². The summed E-state index contributed by atoms with van der Waals surface area (Å²) in [4.78, 5) is 26.4. The number of benzene rings is 2. The molecule has 5 rings (SSSR count). The van der Waals surface area contributed by atoms with Crippen LogP contribution in [0.5, 0.6) is 0 Å². The summed E-state index contributed by atoms with van der Waals surface area (Å²) in [7, 11) is 0. The lowest BCUT2D eigenvalue weighted by molar-refractivity contribution is 1.15. The Labute approximate surface area is 156 Å². The van der Waals surface area contributed by atoms with Crippen LogP contribution in [0.1, 0.15) is 0 Å². The summed E-state index contributed by atoms with van der Waals surface area (Å²) in [6, 6.07) is 13.9. The number of nitrogens with zero attached hydrogens (tertiary/aromatic N) is 1. The van der Waals surface area contributed by atoms with Crippen molar-refractivity contribution in [3.05, 3.63) is 75.9 Å². The lowest BCUT2D eigenvalue weighted by atomic mass is 10.1. The van der Waals surface area contributed by atoms with E-state index in [0.717, 1.165) is 43.1 Å². The van der Waals surface area contributed by atoms with E-state index >= 15 is 0 Å². The Morgan fingerprint density at radius 1 is 0.808 bits per heavy atom. The molecule has 6 heteroatoms. The number of aromatic nitrogens is 4. The normalized spacial score (nSPS) is 11.4. The zero-order valence-corrected chi connectivity index (χ0v) is 15.1. The van der Waals surface area contributed by atoms with E-state index in [-0.39, 0.29) is 5.56 Å². The van der Waals surface area contributed by atoms with Gasteiger partial charge in [-0.25, -0.2) is 4.98 Å². The molecule has 0 amide bonds. The maximum absolute atomic E-state index is 12.5. The molecule has 0 saturated carbocycles. The van der Waals surface area contributed by atoms with Crippen LogP contribution in [0.3, 0.4) is 0 Å². The fraction of sp³-hybridized carbons (Fsp3) is 0. The van der Waals surface area contributed by atoms with Crippen LogP contribution in [0.15, 0.2) is 70.3 Å². The third-order valence-corrected chi connectivity index (χ3v) is 5.04. The highest BCUT2D eigenvalue weighted by Crippen LogP contribution is 2.30. The van der Waals surface area contributed by atoms with Gasteiger partial charge in [0.1, 0.15) is 5.69 Å². The number of halogens is 1. The molecule has 3 heterocycles. The van der Waals surface area contributed by atoms with Crippen molar-refractivity contribution in [3.8, 4) is 22.5 Å². The third kappa shape index (κ3) is 2.30. The molecule has 0 saturated heterocycles. The number of hydrogen-bond acceptors (Lipinski definition) is 2. The Morgan fingerprint density at radius 2 is 1.58 bits per heavy atom. The van der Waals surface area contributed by atoms with Gasteiger partial charge in [0.15, 0.2) is 0 Å². The Balaban J connectivity index is 1.73. The van der Waals surface area contributed by atoms with Crippen molar-refractivity contribution >= 4 is 37.7 Å². The highest BCUT2D eigenvalue weighted by molar-refractivity contribution is 9.10. The van der Waals surface area contributed by atoms with Crippen LogP contribution in [0.2, 0.25) is 0 Å². The Bertz CT molecular complexity index is 1330. The molecular formula is C20H13BrN4O. The molecular weight excluding hydrogens is 392 g/mol. The minimum atomic E-state index is -0.211. The average Bonchev–Trinajstić information content (AvgIpc) is 3.26. The first-order valence-corrected chi connectivity index (χ1v) is 8.93. The van der Waals surface area contributed by atoms with Crippen molar-refractivity contribution in [2.24, 2.45) is 0 Å². The van der Waals surface area contributed by atoms with E-state index < -0.39 is 0 Å². The molecule has 0 unspecified atom stereocenters. The predicted octanol–water partition coefficient (Wildman–Crippen LogP) is 4.83. The highest BCUT2D eigenvalue weighted by Gasteiger charge is 2.14. The molecule has 5 nitrogen and oxygen atoms in total. The maximum atomic E-state index is 12.5. The molecule has 2 aromatic carbocycles. The van der Waals surface area contributed by atoms with E-state index in [2.05, 4.69) is 35.9 Å². The highest BCUT2D eigenvalue weighted by atomic mass is 79.9. The molecule has 0 aliphatic rings. The van der Waals surface area contributed by atoms with Crippen LogP contribution in [0.25, 0.3) is 44.3 Å². The van der Waals surface area contributed by atoms with E-state index in [1.165, 1.54) is 0 Å². The van der Waals surface area contributed by atoms with E-state index in [4.69, 9.17) is 0 Å². The number of fused-ring (bicyclic) bond motifs is 2. The number of hydrogen-bond donors (Lipinski definition) is 3. The maximum Gasteiger partial charge on any atom is 0.274 e. The largest absolute Gasteiger partial charge is 0.360 e. The standard InChI is InChI=1S/C20H13BrN4O/c21-11-5-6-13-15(9-23-17(13)7-11)19-20(26)24-10-18(25-19)14-8-22-16-4-2-1-3-12(14)16/h1-10,22-23H,(H,24,26). The third-order valence-electron chi connectivity index (χ3n) is 4.55. The summed E-state index contributed by atoms with van der Waals surface area (Å²) in [5, 5.41) is 2.03. The van der Waals surface area contributed by atoms with Crippen LogP contribution in [-0.4, -0.2) is 19.9 Å². The number of aromatic amines is 3. The first-order chi connectivity index (χ1) is 12.7. The zero-order chi connectivity index (χ0) is 17.7. The molecule has 0 aliphatic heterocycles. The Morgan fingerprint density at radius 3 is 2.50 bits per heavy atom. The molecule has 0 aliphatic carbocycles. The number of para-hydroxylation sites is 1. The minimum absolute atomic E-state index is 0.211. The molecule has 0 atom stereocenters. The number of rotatable bonds is 2. The van der Waals surface area contributed by atoms with Gasteiger partial charge in [-0.3, -0.25) is 4.79 Å². The summed E-state index contributed by atoms with van der Waals surface area (Å²) in [6.07, 6.45) is 5.40. The van der Waals surface area contributed by atoms with Crippen LogP contribution in [0.4, 0.5) is 0 Å². The fourth-order valence-electron chi connectivity index (χ4n) is 3.30. The second-order valence-corrected chi connectivity index (χ2v) is 7.02. The van der Waals surface area contributed by atoms with Crippen molar-refractivity contribution in [2.75, 3.05) is 0 Å². The van der Waals surface area contributed by atoms with E-state index in [9.17, 15) is 4.79 Å². The van der Waals surface area contributed by atoms with Crippen molar-refractivity contribution in [2.45, 2.75) is 0 Å². The van der Waals surface area contributed by atoms with Gasteiger partial charge in [0, 0.05) is 56.0 Å². The zero-order valence-electron chi connectivity index (χ0n) is 13.5. The molecule has 3 N–H and O–H groups in total. The minimum Gasteiger partial charge on any atom is -0.360 e. The smallest absolute Gasteiger partial charge is 0.274 e. The second-order valence-electron chi connectivity index (χ2n) is 6.10. The van der Waals surface area contributed by atoms with Gasteiger partial charge in [-0.05, 0) is 18.2 Å². The molecule has 0 fully saturated rings. The van der Waals surface area contributed by atoms with Crippen LogP contribution in [0, 0.1) is 0 Å². The Kier molecular flexibility index (Phi) is 3.33. The molecule has 126 valence electrons. The first kappa shape index (κ1) is 15.2. The molecule has 0 spiro atoms. The molecule has 26 heavy (non-hydrogen) atoms. The molecule has 3 aromatic heterocycles. The molecule has 5 aromatic rings. The average molecular weight is 405 g/mol. The molecule has 0 bridgehead atoms. The number of H-pyrrole nitrogens is 3. The van der Waals surface area contributed by atoms with Gasteiger partial charge in [-0.1, -0.05) is 40.2 Å². The quantitative estimate of drug-likeness (QED) is 0.394. The first-order valence-electron chi connectivity index (χ1n) is 8.14. The van der Waals surface area contributed by atoms with Gasteiger partial charge < -0.3 is 15.0 Å². The summed E-state index contributed by atoms with van der Waals surface area (Å²) < 4.78 is 0.979. The second kappa shape index (κ2) is 5.71. The Hall–Kier alpha value is -3.12. The van der Waals surface area contributed by atoms with E-state index in [1.807, 2.05) is 54.9 Å². The van der Waals surface area contributed by atoms with Crippen molar-refractivity contribution in [1.29, 1.82) is 0 Å². The lowest BCUT2D eigenvalue weighted by Crippen LogP contribution is -2.11. The summed E-state index contributed by atoms with van der Waals surface area (Å²) >= 11 is 3.47. The SMILES string of the molecule is O=c1[nH]cc(-c2c[nH]c3ccccc23)nc1-c1c[nH]c2cc(Br)ccc12. The van der Waals surface area contributed by atoms with Gasteiger partial charge >= 0.3 is 0 Å². The lowest BCUT2D eigenvalue weighted by Gasteiger charge is -2.03. The summed E-state index contributed by atoms with van der Waals surface area (Å²) in [5.41, 5.74) is 4.65. The summed E-state index contributed by atoms with van der Waals surface area (Å²) in [5.74, 6) is 0. The van der Waals surface area contributed by atoms with Crippen molar-refractivity contribution in [3.63, 3.8) is 0 Å². The van der Waals surface area contributed by atoms with Crippen molar-refractivity contribution in [1.82, 2.24) is 19.9 Å². The van der Waals surface area contributed by atoms with Crippen LogP contribution >= 0.6 is 15.9 Å². The van der Waals surface area contributed by atoms with E-state index in [1.54, 1.807) is 6.20 Å². The van der Waals surface area contributed by atoms with Crippen LogP contribution in [-0.2, 0) is 0 Å². The van der Waals surface area contributed by atoms with Gasteiger partial charge in [0.25, 0.3) is 5.56 Å². The fourth-order valence-corrected chi connectivity index (χ4v) is 3.67. The number of nitrogens with one attached hydrogen (secondary N) is 3. The van der Waals surface area contributed by atoms with Gasteiger partial charge in [0.05, 0.1) is 5.69 Å².